The highest BCUT2D eigenvalue weighted by molar-refractivity contribution is 8.13. The molecule has 0 N–H and O–H groups in total. The maximum atomic E-state index is 12.1. The van der Waals surface area contributed by atoms with Gasteiger partial charge in [-0.25, -0.2) is 8.42 Å². The minimum absolute atomic E-state index is 0.124. The standard InChI is InChI=1S/C19H20N2O3S2/c1-24-18-10-6-5-9-16(18)21-17-13-26(22,23)12-15(17)20-19(21)25-11-14-7-3-2-4-8-14/h2-10,15,17H,11-13H2,1H3/t15-,17+/m0/s1. The van der Waals surface area contributed by atoms with Crippen LogP contribution in [0.4, 0.5) is 5.69 Å². The van der Waals surface area contributed by atoms with Crippen molar-refractivity contribution in [3.05, 3.63) is 60.2 Å². The van der Waals surface area contributed by atoms with Crippen LogP contribution in [0, 0.1) is 0 Å². The zero-order valence-electron chi connectivity index (χ0n) is 14.4. The summed E-state index contributed by atoms with van der Waals surface area (Å²) in [5, 5.41) is 0.864. The molecule has 0 amide bonds. The van der Waals surface area contributed by atoms with Crippen molar-refractivity contribution >= 4 is 32.5 Å². The van der Waals surface area contributed by atoms with Crippen LogP contribution in [0.25, 0.3) is 0 Å². The molecule has 1 saturated heterocycles. The lowest BCUT2D eigenvalue weighted by Gasteiger charge is -2.27. The lowest BCUT2D eigenvalue weighted by Crippen LogP contribution is -2.39. The molecule has 0 aromatic heterocycles. The van der Waals surface area contributed by atoms with Gasteiger partial charge in [-0.05, 0) is 17.7 Å². The Kier molecular flexibility index (Phi) is 4.67. The molecule has 2 aromatic rings. The molecule has 2 aromatic carbocycles. The van der Waals surface area contributed by atoms with E-state index in [0.29, 0.717) is 0 Å². The predicted molar refractivity (Wildman–Crippen MR) is 107 cm³/mol. The van der Waals surface area contributed by atoms with Crippen molar-refractivity contribution in [3.8, 4) is 5.75 Å². The lowest BCUT2D eigenvalue weighted by atomic mass is 10.1. The van der Waals surface area contributed by atoms with Crippen molar-refractivity contribution in [2.24, 2.45) is 4.99 Å². The van der Waals surface area contributed by atoms with Gasteiger partial charge in [0.1, 0.15) is 5.75 Å². The summed E-state index contributed by atoms with van der Waals surface area (Å²) in [6.07, 6.45) is 0. The van der Waals surface area contributed by atoms with Crippen LogP contribution in [0.5, 0.6) is 5.75 Å². The molecule has 2 aliphatic heterocycles. The van der Waals surface area contributed by atoms with Gasteiger partial charge in [0.2, 0.25) is 0 Å². The van der Waals surface area contributed by atoms with Crippen molar-refractivity contribution in [2.45, 2.75) is 17.8 Å². The van der Waals surface area contributed by atoms with Gasteiger partial charge in [-0.2, -0.15) is 0 Å². The first-order chi connectivity index (χ1) is 12.6. The van der Waals surface area contributed by atoms with Gasteiger partial charge in [-0.1, -0.05) is 54.2 Å². The second-order valence-corrected chi connectivity index (χ2v) is 9.54. The summed E-state index contributed by atoms with van der Waals surface area (Å²) in [5.74, 6) is 1.77. The summed E-state index contributed by atoms with van der Waals surface area (Å²) in [6, 6.07) is 17.6. The van der Waals surface area contributed by atoms with E-state index in [9.17, 15) is 8.42 Å². The SMILES string of the molecule is COc1ccccc1N1C(SCc2ccccc2)=N[C@H]2CS(=O)(=O)C[C@H]21. The number of anilines is 1. The van der Waals surface area contributed by atoms with Gasteiger partial charge in [0.25, 0.3) is 0 Å². The van der Waals surface area contributed by atoms with Gasteiger partial charge in [-0.15, -0.1) is 0 Å². The Morgan fingerprint density at radius 3 is 2.62 bits per heavy atom. The molecule has 0 unspecified atom stereocenters. The van der Waals surface area contributed by atoms with Gasteiger partial charge in [0.05, 0.1) is 36.4 Å². The van der Waals surface area contributed by atoms with E-state index in [1.165, 1.54) is 5.56 Å². The number of rotatable bonds is 4. The molecule has 0 radical (unpaired) electrons. The summed E-state index contributed by atoms with van der Waals surface area (Å²) < 4.78 is 29.8. The number of hydrogen-bond donors (Lipinski definition) is 0. The lowest BCUT2D eigenvalue weighted by molar-refractivity contribution is 0.415. The van der Waals surface area contributed by atoms with E-state index >= 15 is 0 Å². The fourth-order valence-electron chi connectivity index (χ4n) is 3.47. The summed E-state index contributed by atoms with van der Waals surface area (Å²) in [5.41, 5.74) is 2.09. The van der Waals surface area contributed by atoms with Crippen molar-refractivity contribution in [2.75, 3.05) is 23.5 Å². The molecule has 0 saturated carbocycles. The topological polar surface area (TPSA) is 59.0 Å². The van der Waals surface area contributed by atoms with Crippen LogP contribution in [0.2, 0.25) is 0 Å². The predicted octanol–water partition coefficient (Wildman–Crippen LogP) is 2.97. The first kappa shape index (κ1) is 17.4. The van der Waals surface area contributed by atoms with Crippen molar-refractivity contribution in [1.29, 1.82) is 0 Å². The smallest absolute Gasteiger partial charge is 0.164 e. The number of methoxy groups -OCH3 is 1. The Hall–Kier alpha value is -1.99. The number of thioether (sulfide) groups is 1. The number of sulfone groups is 1. The maximum Gasteiger partial charge on any atom is 0.164 e. The Labute approximate surface area is 158 Å². The number of ether oxygens (including phenoxy) is 1. The van der Waals surface area contributed by atoms with Gasteiger partial charge in [0, 0.05) is 5.75 Å². The molecule has 1 fully saturated rings. The molecule has 0 spiro atoms. The van der Waals surface area contributed by atoms with Crippen LogP contribution < -0.4 is 9.64 Å². The molecule has 4 rings (SSSR count). The van der Waals surface area contributed by atoms with Crippen LogP contribution in [-0.4, -0.2) is 44.3 Å². The molecular formula is C19H20N2O3S2. The third-order valence-electron chi connectivity index (χ3n) is 4.66. The number of amidine groups is 1. The summed E-state index contributed by atoms with van der Waals surface area (Å²) in [4.78, 5) is 6.82. The molecule has 2 aliphatic rings. The molecule has 26 heavy (non-hydrogen) atoms. The van der Waals surface area contributed by atoms with E-state index in [2.05, 4.69) is 17.0 Å². The maximum absolute atomic E-state index is 12.1. The highest BCUT2D eigenvalue weighted by atomic mass is 32.2. The second-order valence-electron chi connectivity index (χ2n) is 6.44. The molecule has 0 bridgehead atoms. The van der Waals surface area contributed by atoms with Crippen LogP contribution in [0.1, 0.15) is 5.56 Å². The van der Waals surface area contributed by atoms with Crippen LogP contribution >= 0.6 is 11.8 Å². The molecule has 2 heterocycles. The Morgan fingerprint density at radius 2 is 1.85 bits per heavy atom. The average Bonchev–Trinajstić information content (AvgIpc) is 3.11. The largest absolute Gasteiger partial charge is 0.495 e. The van der Waals surface area contributed by atoms with Crippen LogP contribution in [0.15, 0.2) is 59.6 Å². The third-order valence-corrected chi connectivity index (χ3v) is 7.40. The van der Waals surface area contributed by atoms with E-state index < -0.39 is 9.84 Å². The van der Waals surface area contributed by atoms with Crippen LogP contribution in [0.3, 0.4) is 0 Å². The second kappa shape index (κ2) is 6.96. The molecule has 136 valence electrons. The first-order valence-corrected chi connectivity index (χ1v) is 11.3. The molecule has 2 atom stereocenters. The Balaban J connectivity index is 1.66. The quantitative estimate of drug-likeness (QED) is 0.806. The van der Waals surface area contributed by atoms with Crippen molar-refractivity contribution in [1.82, 2.24) is 0 Å². The fourth-order valence-corrected chi connectivity index (χ4v) is 6.38. The minimum atomic E-state index is -3.06. The third kappa shape index (κ3) is 3.33. The zero-order valence-corrected chi connectivity index (χ0v) is 16.0. The van der Waals surface area contributed by atoms with Crippen molar-refractivity contribution < 1.29 is 13.2 Å². The molecule has 7 heteroatoms. The summed E-state index contributed by atoms with van der Waals surface area (Å²) >= 11 is 1.64. The number of aliphatic imine (C=N–C) groups is 1. The minimum Gasteiger partial charge on any atom is -0.495 e. The Morgan fingerprint density at radius 1 is 1.12 bits per heavy atom. The highest BCUT2D eigenvalue weighted by Crippen LogP contribution is 2.39. The normalized spacial score (nSPS) is 23.6. The molecule has 5 nitrogen and oxygen atoms in total. The van der Waals surface area contributed by atoms with E-state index in [4.69, 9.17) is 9.73 Å². The number of benzene rings is 2. The Bertz CT molecular complexity index is 929. The van der Waals surface area contributed by atoms with E-state index in [-0.39, 0.29) is 23.6 Å². The van der Waals surface area contributed by atoms with Gasteiger partial charge < -0.3 is 9.64 Å². The average molecular weight is 389 g/mol. The number of fused-ring (bicyclic) bond motifs is 1. The summed E-state index contributed by atoms with van der Waals surface area (Å²) in [6.45, 7) is 0. The van der Waals surface area contributed by atoms with Gasteiger partial charge in [-0.3, -0.25) is 4.99 Å². The fraction of sp³-hybridized carbons (Fsp3) is 0.316. The van der Waals surface area contributed by atoms with Crippen LogP contribution in [-0.2, 0) is 15.6 Å². The number of nitrogens with zero attached hydrogens (tertiary/aromatic N) is 2. The van der Waals surface area contributed by atoms with Gasteiger partial charge >= 0.3 is 0 Å². The van der Waals surface area contributed by atoms with Crippen molar-refractivity contribution in [3.63, 3.8) is 0 Å². The molecule has 0 aliphatic carbocycles. The first-order valence-electron chi connectivity index (χ1n) is 8.44. The van der Waals surface area contributed by atoms with E-state index in [1.54, 1.807) is 18.9 Å². The summed E-state index contributed by atoms with van der Waals surface area (Å²) in [7, 11) is -1.42. The number of para-hydroxylation sites is 2. The zero-order chi connectivity index (χ0) is 18.1. The van der Waals surface area contributed by atoms with E-state index in [0.717, 1.165) is 22.4 Å². The monoisotopic (exact) mass is 388 g/mol. The van der Waals surface area contributed by atoms with Gasteiger partial charge in [0.15, 0.2) is 15.0 Å². The highest BCUT2D eigenvalue weighted by Gasteiger charge is 2.47. The molecular weight excluding hydrogens is 368 g/mol. The van der Waals surface area contributed by atoms with E-state index in [1.807, 2.05) is 42.5 Å². The number of hydrogen-bond acceptors (Lipinski definition) is 6.